The molecule has 4 nitrogen and oxygen atoms in total. The molecule has 0 unspecified atom stereocenters. The number of para-hydroxylation sites is 1. The molecule has 1 heterocycles. The van der Waals surface area contributed by atoms with Gasteiger partial charge in [0.05, 0.1) is 11.0 Å². The van der Waals surface area contributed by atoms with Crippen molar-refractivity contribution in [2.24, 2.45) is 11.7 Å². The number of thiocarbonyl (C=S) groups is 1. The van der Waals surface area contributed by atoms with Crippen LogP contribution in [0.2, 0.25) is 0 Å². The average molecular weight is 339 g/mol. The van der Waals surface area contributed by atoms with Crippen LogP contribution in [0, 0.1) is 5.92 Å². The molecule has 0 spiro atoms. The normalized spacial score (nSPS) is 13.8. The monoisotopic (exact) mass is 339 g/mol. The van der Waals surface area contributed by atoms with E-state index in [2.05, 4.69) is 17.2 Å². The average Bonchev–Trinajstić information content (AvgIpc) is 2.96. The van der Waals surface area contributed by atoms with Crippen molar-refractivity contribution in [3.05, 3.63) is 48.0 Å². The van der Waals surface area contributed by atoms with Crippen LogP contribution in [0.4, 0.5) is 0 Å². The van der Waals surface area contributed by atoms with Gasteiger partial charge in [-0.25, -0.2) is 0 Å². The van der Waals surface area contributed by atoms with E-state index in [-0.39, 0.29) is 17.9 Å². The molecular weight excluding hydrogens is 318 g/mol. The molecule has 1 amide bonds. The van der Waals surface area contributed by atoms with E-state index in [0.717, 1.165) is 28.2 Å². The molecule has 3 aromatic rings. The Morgan fingerprint density at radius 2 is 1.92 bits per heavy atom. The van der Waals surface area contributed by atoms with Gasteiger partial charge in [-0.3, -0.25) is 4.79 Å². The number of nitrogens with two attached hydrogens (primary N) is 1. The topological polar surface area (TPSA) is 70.9 Å². The number of hydrogen-bond donors (Lipinski definition) is 3. The summed E-state index contributed by atoms with van der Waals surface area (Å²) in [7, 11) is 0. The predicted octanol–water partition coefficient (Wildman–Crippen LogP) is 3.75. The first-order chi connectivity index (χ1) is 11.5. The SMILES string of the molecule is CC[C@H](C)[C@H](NC(=O)c1ccc2[nH]c3ccccc3c2c1)C(N)=S. The number of carbonyl (C=O) groups excluding carboxylic acids is 1. The second kappa shape index (κ2) is 6.61. The zero-order chi connectivity index (χ0) is 17.3. The van der Waals surface area contributed by atoms with Crippen LogP contribution in [-0.2, 0) is 0 Å². The highest BCUT2D eigenvalue weighted by Crippen LogP contribution is 2.26. The maximum atomic E-state index is 12.6. The fraction of sp³-hybridized carbons (Fsp3) is 0.263. The third-order valence-corrected chi connectivity index (χ3v) is 4.83. The lowest BCUT2D eigenvalue weighted by Gasteiger charge is -2.23. The Hall–Kier alpha value is -2.40. The minimum absolute atomic E-state index is 0.153. The maximum absolute atomic E-state index is 12.6. The van der Waals surface area contributed by atoms with Gasteiger partial charge in [-0.05, 0) is 30.2 Å². The number of carbonyl (C=O) groups is 1. The Morgan fingerprint density at radius 1 is 1.21 bits per heavy atom. The zero-order valence-electron chi connectivity index (χ0n) is 13.8. The molecule has 0 fully saturated rings. The van der Waals surface area contributed by atoms with Crippen LogP contribution in [0.15, 0.2) is 42.5 Å². The second-order valence-electron chi connectivity index (χ2n) is 6.17. The molecule has 5 heteroatoms. The number of hydrogen-bond acceptors (Lipinski definition) is 2. The van der Waals surface area contributed by atoms with Crippen molar-refractivity contribution in [1.82, 2.24) is 10.3 Å². The van der Waals surface area contributed by atoms with E-state index in [1.807, 2.05) is 49.4 Å². The van der Waals surface area contributed by atoms with E-state index >= 15 is 0 Å². The summed E-state index contributed by atoms with van der Waals surface area (Å²) in [6, 6.07) is 13.4. The van der Waals surface area contributed by atoms with Crippen LogP contribution in [0.1, 0.15) is 30.6 Å². The summed E-state index contributed by atoms with van der Waals surface area (Å²) in [5.41, 5.74) is 8.48. The van der Waals surface area contributed by atoms with Crippen molar-refractivity contribution < 1.29 is 4.79 Å². The van der Waals surface area contributed by atoms with Gasteiger partial charge < -0.3 is 16.0 Å². The van der Waals surface area contributed by atoms with Gasteiger partial charge in [0.25, 0.3) is 5.91 Å². The Kier molecular flexibility index (Phi) is 4.53. The van der Waals surface area contributed by atoms with Gasteiger partial charge >= 0.3 is 0 Å². The van der Waals surface area contributed by atoms with Crippen molar-refractivity contribution in [2.45, 2.75) is 26.3 Å². The van der Waals surface area contributed by atoms with Crippen molar-refractivity contribution in [3.8, 4) is 0 Å². The fourth-order valence-electron chi connectivity index (χ4n) is 2.94. The maximum Gasteiger partial charge on any atom is 0.251 e. The molecule has 0 radical (unpaired) electrons. The molecule has 0 aliphatic carbocycles. The van der Waals surface area contributed by atoms with Gasteiger partial charge in [0, 0.05) is 27.4 Å². The van der Waals surface area contributed by atoms with E-state index in [1.54, 1.807) is 0 Å². The van der Waals surface area contributed by atoms with Crippen molar-refractivity contribution in [2.75, 3.05) is 0 Å². The number of nitrogens with one attached hydrogen (secondary N) is 2. The molecule has 0 saturated heterocycles. The van der Waals surface area contributed by atoms with Crippen LogP contribution in [0.3, 0.4) is 0 Å². The highest BCUT2D eigenvalue weighted by Gasteiger charge is 2.21. The standard InChI is InChI=1S/C19H21N3OS/c1-3-11(2)17(18(20)24)22-19(23)12-8-9-16-14(10-12)13-6-4-5-7-15(13)21-16/h4-11,17,21H,3H2,1-2H3,(H2,20,24)(H,22,23)/t11-,17-/m0/s1. The van der Waals surface area contributed by atoms with Gasteiger partial charge in [0.15, 0.2) is 0 Å². The van der Waals surface area contributed by atoms with Crippen molar-refractivity contribution in [3.63, 3.8) is 0 Å². The summed E-state index contributed by atoms with van der Waals surface area (Å²) in [6.45, 7) is 4.09. The molecule has 2 atom stereocenters. The van der Waals surface area contributed by atoms with Crippen molar-refractivity contribution in [1.29, 1.82) is 0 Å². The smallest absolute Gasteiger partial charge is 0.251 e. The number of rotatable bonds is 5. The van der Waals surface area contributed by atoms with Crippen LogP contribution in [0.5, 0.6) is 0 Å². The van der Waals surface area contributed by atoms with Crippen LogP contribution >= 0.6 is 12.2 Å². The van der Waals surface area contributed by atoms with E-state index in [9.17, 15) is 4.79 Å². The van der Waals surface area contributed by atoms with Gasteiger partial charge in [0.2, 0.25) is 0 Å². The molecule has 0 bridgehead atoms. The first-order valence-electron chi connectivity index (χ1n) is 8.12. The predicted molar refractivity (Wildman–Crippen MR) is 103 cm³/mol. The van der Waals surface area contributed by atoms with E-state index < -0.39 is 0 Å². The number of benzene rings is 2. The number of aromatic nitrogens is 1. The van der Waals surface area contributed by atoms with E-state index in [4.69, 9.17) is 18.0 Å². The zero-order valence-corrected chi connectivity index (χ0v) is 14.6. The molecule has 4 N–H and O–H groups in total. The minimum Gasteiger partial charge on any atom is -0.392 e. The lowest BCUT2D eigenvalue weighted by atomic mass is 9.98. The molecule has 3 rings (SSSR count). The Labute approximate surface area is 146 Å². The molecule has 2 aromatic carbocycles. The summed E-state index contributed by atoms with van der Waals surface area (Å²) in [4.78, 5) is 16.3. The van der Waals surface area contributed by atoms with Gasteiger partial charge in [0.1, 0.15) is 0 Å². The van der Waals surface area contributed by atoms with Gasteiger partial charge in [-0.15, -0.1) is 0 Å². The highest BCUT2D eigenvalue weighted by atomic mass is 32.1. The first-order valence-corrected chi connectivity index (χ1v) is 8.52. The Morgan fingerprint density at radius 3 is 2.62 bits per heavy atom. The van der Waals surface area contributed by atoms with E-state index in [1.165, 1.54) is 0 Å². The number of H-pyrrole nitrogens is 1. The summed E-state index contributed by atoms with van der Waals surface area (Å²) >= 11 is 5.11. The fourth-order valence-corrected chi connectivity index (χ4v) is 3.23. The molecule has 0 saturated carbocycles. The first kappa shape index (κ1) is 16.5. The largest absolute Gasteiger partial charge is 0.392 e. The lowest BCUT2D eigenvalue weighted by Crippen LogP contribution is -2.47. The van der Waals surface area contributed by atoms with Crippen molar-refractivity contribution >= 4 is 44.9 Å². The minimum atomic E-state index is -0.295. The summed E-state index contributed by atoms with van der Waals surface area (Å²) in [5, 5.41) is 5.12. The highest BCUT2D eigenvalue weighted by molar-refractivity contribution is 7.80. The quantitative estimate of drug-likeness (QED) is 0.620. The Balaban J connectivity index is 1.95. The van der Waals surface area contributed by atoms with Gasteiger partial charge in [-0.2, -0.15) is 0 Å². The molecule has 24 heavy (non-hydrogen) atoms. The summed E-state index contributed by atoms with van der Waals surface area (Å²) in [6.07, 6.45) is 0.893. The second-order valence-corrected chi connectivity index (χ2v) is 6.64. The number of fused-ring (bicyclic) bond motifs is 3. The molecule has 0 aliphatic heterocycles. The van der Waals surface area contributed by atoms with Gasteiger partial charge in [-0.1, -0.05) is 50.7 Å². The van der Waals surface area contributed by atoms with Crippen LogP contribution in [-0.4, -0.2) is 21.9 Å². The third-order valence-electron chi connectivity index (χ3n) is 4.57. The summed E-state index contributed by atoms with van der Waals surface area (Å²) < 4.78 is 0. The summed E-state index contributed by atoms with van der Waals surface area (Å²) in [5.74, 6) is 0.0450. The third kappa shape index (κ3) is 2.99. The number of amides is 1. The Bertz CT molecular complexity index is 915. The van der Waals surface area contributed by atoms with E-state index in [0.29, 0.717) is 10.6 Å². The molecular formula is C19H21N3OS. The lowest BCUT2D eigenvalue weighted by molar-refractivity contribution is 0.0938. The molecule has 1 aromatic heterocycles. The number of aromatic amines is 1. The molecule has 0 aliphatic rings. The van der Waals surface area contributed by atoms with Crippen LogP contribution < -0.4 is 11.1 Å². The molecule has 124 valence electrons. The van der Waals surface area contributed by atoms with Crippen LogP contribution in [0.25, 0.3) is 21.8 Å².